The van der Waals surface area contributed by atoms with Crippen LogP contribution in [0.1, 0.15) is 27.9 Å². The first-order chi connectivity index (χ1) is 9.74. The number of aliphatic hydroxyl groups is 1. The van der Waals surface area contributed by atoms with E-state index >= 15 is 0 Å². The minimum absolute atomic E-state index is 0.159. The second-order valence-corrected chi connectivity index (χ2v) is 5.18. The number of carbonyl (C=O) groups is 1. The van der Waals surface area contributed by atoms with E-state index in [1.165, 1.54) is 0 Å². The number of benzene rings is 1. The lowest BCUT2D eigenvalue weighted by atomic mass is 10.1. The molecule has 1 aromatic carbocycles. The second kappa shape index (κ2) is 7.17. The molecule has 0 aliphatic carbocycles. The molecule has 0 fully saturated rings. The van der Waals surface area contributed by atoms with Crippen LogP contribution in [0.5, 0.6) is 0 Å². The van der Waals surface area contributed by atoms with Crippen molar-refractivity contribution < 1.29 is 14.3 Å². The highest BCUT2D eigenvalue weighted by Gasteiger charge is 2.17. The molecule has 2 N–H and O–H groups in total. The van der Waals surface area contributed by atoms with Crippen molar-refractivity contribution in [3.05, 3.63) is 59.5 Å². The standard InChI is InChI=1S/C15H17NO3S/c1-20-10-12-7-8-14(19-12)15(18)16-13(9-17)11-5-3-2-4-6-11/h2-8,13,17H,9-10H2,1H3,(H,16,18)/t13-/m0/s1. The summed E-state index contributed by atoms with van der Waals surface area (Å²) in [6.45, 7) is -0.159. The van der Waals surface area contributed by atoms with E-state index < -0.39 is 6.04 Å². The Balaban J connectivity index is 2.05. The molecule has 1 aromatic heterocycles. The molecule has 4 nitrogen and oxygen atoms in total. The first kappa shape index (κ1) is 14.7. The molecule has 0 unspecified atom stereocenters. The summed E-state index contributed by atoms with van der Waals surface area (Å²) in [7, 11) is 0. The smallest absolute Gasteiger partial charge is 0.287 e. The van der Waals surface area contributed by atoms with Gasteiger partial charge in [0.25, 0.3) is 5.91 Å². The van der Waals surface area contributed by atoms with Crippen LogP contribution in [0.2, 0.25) is 0 Å². The van der Waals surface area contributed by atoms with Crippen molar-refractivity contribution in [1.29, 1.82) is 0 Å². The van der Waals surface area contributed by atoms with Crippen molar-refractivity contribution in [2.45, 2.75) is 11.8 Å². The quantitative estimate of drug-likeness (QED) is 0.859. The van der Waals surface area contributed by atoms with Crippen LogP contribution in [0.3, 0.4) is 0 Å². The highest BCUT2D eigenvalue weighted by Crippen LogP contribution is 2.16. The Morgan fingerprint density at radius 2 is 2.05 bits per heavy atom. The third-order valence-corrected chi connectivity index (χ3v) is 3.44. The molecule has 0 spiro atoms. The Bertz CT molecular complexity index is 553. The van der Waals surface area contributed by atoms with E-state index in [2.05, 4.69) is 5.32 Å². The van der Waals surface area contributed by atoms with Gasteiger partial charge in [0.15, 0.2) is 5.76 Å². The molecule has 0 aliphatic rings. The van der Waals surface area contributed by atoms with Crippen LogP contribution < -0.4 is 5.32 Å². The largest absolute Gasteiger partial charge is 0.455 e. The summed E-state index contributed by atoms with van der Waals surface area (Å²) in [5, 5.41) is 12.2. The molecular weight excluding hydrogens is 274 g/mol. The predicted octanol–water partition coefficient (Wildman–Crippen LogP) is 2.61. The van der Waals surface area contributed by atoms with E-state index in [9.17, 15) is 9.90 Å². The molecule has 0 radical (unpaired) electrons. The van der Waals surface area contributed by atoms with Gasteiger partial charge in [0.2, 0.25) is 0 Å². The lowest BCUT2D eigenvalue weighted by molar-refractivity contribution is 0.0887. The maximum Gasteiger partial charge on any atom is 0.287 e. The van der Waals surface area contributed by atoms with Crippen LogP contribution in [0, 0.1) is 0 Å². The van der Waals surface area contributed by atoms with E-state index in [0.29, 0.717) is 0 Å². The van der Waals surface area contributed by atoms with Crippen LogP contribution >= 0.6 is 11.8 Å². The topological polar surface area (TPSA) is 62.5 Å². The summed E-state index contributed by atoms with van der Waals surface area (Å²) in [5.41, 5.74) is 0.860. The number of hydrogen-bond donors (Lipinski definition) is 2. The number of hydrogen-bond acceptors (Lipinski definition) is 4. The lowest BCUT2D eigenvalue weighted by Gasteiger charge is -2.15. The van der Waals surface area contributed by atoms with Crippen molar-refractivity contribution in [1.82, 2.24) is 5.32 Å². The Morgan fingerprint density at radius 1 is 1.30 bits per heavy atom. The maximum absolute atomic E-state index is 12.1. The summed E-state index contributed by atoms with van der Waals surface area (Å²) in [6.07, 6.45) is 1.97. The van der Waals surface area contributed by atoms with Crippen LogP contribution in [0.15, 0.2) is 46.9 Å². The van der Waals surface area contributed by atoms with Gasteiger partial charge in [-0.05, 0) is 24.0 Å². The molecule has 1 atom stereocenters. The van der Waals surface area contributed by atoms with Gasteiger partial charge in [-0.15, -0.1) is 0 Å². The molecule has 2 aromatic rings. The third-order valence-electron chi connectivity index (χ3n) is 2.86. The minimum Gasteiger partial charge on any atom is -0.455 e. The van der Waals surface area contributed by atoms with E-state index in [4.69, 9.17) is 4.42 Å². The lowest BCUT2D eigenvalue weighted by Crippen LogP contribution is -2.30. The summed E-state index contributed by atoms with van der Waals surface area (Å²) >= 11 is 1.63. The molecule has 106 valence electrons. The molecule has 0 aliphatic heterocycles. The Hall–Kier alpha value is -1.72. The van der Waals surface area contributed by atoms with E-state index in [1.807, 2.05) is 36.6 Å². The molecule has 0 bridgehead atoms. The van der Waals surface area contributed by atoms with E-state index in [-0.39, 0.29) is 18.3 Å². The van der Waals surface area contributed by atoms with Crippen molar-refractivity contribution >= 4 is 17.7 Å². The fourth-order valence-corrected chi connectivity index (χ4v) is 2.31. The van der Waals surface area contributed by atoms with Gasteiger partial charge < -0.3 is 14.8 Å². The second-order valence-electron chi connectivity index (χ2n) is 4.32. The minimum atomic E-state index is -0.433. The number of carbonyl (C=O) groups excluding carboxylic acids is 1. The maximum atomic E-state index is 12.1. The monoisotopic (exact) mass is 291 g/mol. The Labute approximate surface area is 122 Å². The van der Waals surface area contributed by atoms with Crippen LogP contribution in [-0.2, 0) is 5.75 Å². The van der Waals surface area contributed by atoms with E-state index in [1.54, 1.807) is 23.9 Å². The van der Waals surface area contributed by atoms with E-state index in [0.717, 1.165) is 17.1 Å². The zero-order chi connectivity index (χ0) is 14.4. The number of nitrogens with one attached hydrogen (secondary N) is 1. The van der Waals surface area contributed by atoms with Crippen LogP contribution in [0.4, 0.5) is 0 Å². The molecule has 1 amide bonds. The third kappa shape index (κ3) is 3.65. The fraction of sp³-hybridized carbons (Fsp3) is 0.267. The highest BCUT2D eigenvalue weighted by molar-refractivity contribution is 7.97. The van der Waals surface area contributed by atoms with Gasteiger partial charge in [-0.1, -0.05) is 30.3 Å². The predicted molar refractivity (Wildman–Crippen MR) is 79.7 cm³/mol. The first-order valence-corrected chi connectivity index (χ1v) is 7.68. The number of rotatable bonds is 6. The van der Waals surface area contributed by atoms with Gasteiger partial charge in [0, 0.05) is 0 Å². The summed E-state index contributed by atoms with van der Waals surface area (Å²) in [5.74, 6) is 1.45. The van der Waals surface area contributed by atoms with Crippen molar-refractivity contribution in [3.63, 3.8) is 0 Å². The number of furan rings is 1. The fourth-order valence-electron chi connectivity index (χ4n) is 1.87. The average Bonchev–Trinajstić information content (AvgIpc) is 2.94. The SMILES string of the molecule is CSCc1ccc(C(=O)N[C@@H](CO)c2ccccc2)o1. The average molecular weight is 291 g/mol. The Kier molecular flexibility index (Phi) is 5.26. The molecular formula is C15H17NO3S. The number of thioether (sulfide) groups is 1. The van der Waals surface area contributed by atoms with Gasteiger partial charge in [-0.2, -0.15) is 11.8 Å². The van der Waals surface area contributed by atoms with Gasteiger partial charge >= 0.3 is 0 Å². The molecule has 5 heteroatoms. The van der Waals surface area contributed by atoms with Gasteiger partial charge in [0.05, 0.1) is 18.4 Å². The van der Waals surface area contributed by atoms with Crippen LogP contribution in [-0.4, -0.2) is 23.9 Å². The zero-order valence-electron chi connectivity index (χ0n) is 11.2. The normalized spacial score (nSPS) is 12.1. The highest BCUT2D eigenvalue weighted by atomic mass is 32.2. The van der Waals surface area contributed by atoms with Crippen molar-refractivity contribution in [3.8, 4) is 0 Å². The summed E-state index contributed by atoms with van der Waals surface area (Å²) < 4.78 is 5.45. The molecule has 1 heterocycles. The van der Waals surface area contributed by atoms with Gasteiger partial charge in [-0.25, -0.2) is 0 Å². The Morgan fingerprint density at radius 3 is 2.70 bits per heavy atom. The molecule has 2 rings (SSSR count). The van der Waals surface area contributed by atoms with Crippen molar-refractivity contribution in [2.75, 3.05) is 12.9 Å². The number of aliphatic hydroxyl groups excluding tert-OH is 1. The van der Waals surface area contributed by atoms with Gasteiger partial charge in [-0.3, -0.25) is 4.79 Å². The van der Waals surface area contributed by atoms with Crippen molar-refractivity contribution in [2.24, 2.45) is 0 Å². The summed E-state index contributed by atoms with van der Waals surface area (Å²) in [6, 6.07) is 12.4. The molecule has 0 saturated carbocycles. The van der Waals surface area contributed by atoms with Gasteiger partial charge in [0.1, 0.15) is 5.76 Å². The summed E-state index contributed by atoms with van der Waals surface area (Å²) in [4.78, 5) is 12.1. The molecule has 20 heavy (non-hydrogen) atoms. The molecule has 0 saturated heterocycles. The first-order valence-electron chi connectivity index (χ1n) is 6.29. The van der Waals surface area contributed by atoms with Crippen LogP contribution in [0.25, 0.3) is 0 Å². The number of amides is 1. The zero-order valence-corrected chi connectivity index (χ0v) is 12.0.